The Morgan fingerprint density at radius 2 is 0.857 bits per heavy atom. The number of hydrogen-bond acceptors (Lipinski definition) is 4. The van der Waals surface area contributed by atoms with Crippen LogP contribution in [0.25, 0.3) is 0 Å². The highest BCUT2D eigenvalue weighted by Crippen LogP contribution is 2.31. The van der Waals surface area contributed by atoms with E-state index < -0.39 is 25.2 Å². The lowest BCUT2D eigenvalue weighted by molar-refractivity contribution is 0.422. The van der Waals surface area contributed by atoms with Gasteiger partial charge in [-0.25, -0.2) is 0 Å². The van der Waals surface area contributed by atoms with E-state index in [1.165, 1.54) is 0 Å². The Bertz CT molecular complexity index is 306. The summed E-state index contributed by atoms with van der Waals surface area (Å²) in [7, 11) is 4.16. The highest BCUT2D eigenvalue weighted by molar-refractivity contribution is 7.02. The number of nitrogens with zero attached hydrogens (tertiary/aromatic N) is 4. The van der Waals surface area contributed by atoms with Crippen LogP contribution in [0.4, 0.5) is 0 Å². The van der Waals surface area contributed by atoms with E-state index in [1.54, 1.807) is 0 Å². The van der Waals surface area contributed by atoms with Crippen LogP contribution in [0.1, 0.15) is 13.8 Å². The Morgan fingerprint density at radius 1 is 0.571 bits per heavy atom. The highest BCUT2D eigenvalue weighted by Gasteiger charge is 2.53. The molecule has 0 rings (SSSR count). The van der Waals surface area contributed by atoms with Gasteiger partial charge in [-0.3, -0.25) is 0 Å². The van der Waals surface area contributed by atoms with Crippen LogP contribution in [-0.2, 0) is 0 Å². The van der Waals surface area contributed by atoms with Gasteiger partial charge < -0.3 is 17.6 Å². The summed E-state index contributed by atoms with van der Waals surface area (Å²) in [6.45, 7) is 22.1. The first kappa shape index (κ1) is 21.5. The third-order valence-corrected chi connectivity index (χ3v) is 25.1. The van der Waals surface area contributed by atoms with Crippen molar-refractivity contribution in [2.75, 3.05) is 41.3 Å². The van der Waals surface area contributed by atoms with Crippen molar-refractivity contribution in [2.45, 2.75) is 53.1 Å². The van der Waals surface area contributed by atoms with Crippen LogP contribution in [0.15, 0.2) is 0 Å². The molecule has 0 aliphatic rings. The maximum absolute atomic E-state index is 3.04. The molecular weight excluding hydrogens is 308 g/mol. The minimum atomic E-state index is -1.65. The molecule has 128 valence electrons. The van der Waals surface area contributed by atoms with Gasteiger partial charge in [0.1, 0.15) is 0 Å². The topological polar surface area (TPSA) is 13.0 Å². The van der Waals surface area contributed by atoms with Crippen LogP contribution < -0.4 is 0 Å². The van der Waals surface area contributed by atoms with E-state index in [2.05, 4.69) is 98.9 Å². The zero-order valence-corrected chi connectivity index (χ0v) is 19.7. The van der Waals surface area contributed by atoms with Crippen LogP contribution >= 0.6 is 0 Å². The van der Waals surface area contributed by atoms with Crippen molar-refractivity contribution < 1.29 is 0 Å². The van der Waals surface area contributed by atoms with E-state index in [1.807, 2.05) is 0 Å². The van der Waals surface area contributed by atoms with Crippen LogP contribution in [0.5, 0.6) is 0 Å². The maximum Gasteiger partial charge on any atom is 0.189 e. The predicted molar refractivity (Wildman–Crippen MR) is 105 cm³/mol. The standard InChI is InChI=1S/C14H40N4Si3/c1-13-17(14-2)21(11,12)18(19(7,8)15(3)4)20(9,10)16(5)6/h13-14H2,1-12H3. The van der Waals surface area contributed by atoms with Crippen molar-refractivity contribution in [3.8, 4) is 0 Å². The fraction of sp³-hybridized carbons (Fsp3) is 1.00. The van der Waals surface area contributed by atoms with Gasteiger partial charge in [-0.15, -0.1) is 0 Å². The molecule has 0 aromatic rings. The molecule has 0 N–H and O–H groups in total. The maximum atomic E-state index is 3.04. The summed E-state index contributed by atoms with van der Waals surface area (Å²) in [4.78, 5) is 0. The number of hydrogen-bond donors (Lipinski definition) is 0. The first-order valence-electron chi connectivity index (χ1n) is 8.18. The van der Waals surface area contributed by atoms with Gasteiger partial charge in [0, 0.05) is 0 Å². The van der Waals surface area contributed by atoms with Gasteiger partial charge in [0.25, 0.3) is 0 Å². The third kappa shape index (κ3) is 4.27. The van der Waals surface area contributed by atoms with Gasteiger partial charge in [0.2, 0.25) is 0 Å². The molecule has 0 bridgehead atoms. The van der Waals surface area contributed by atoms with E-state index in [0.717, 1.165) is 13.1 Å². The first-order chi connectivity index (χ1) is 9.27. The van der Waals surface area contributed by atoms with Crippen molar-refractivity contribution in [2.24, 2.45) is 0 Å². The Labute approximate surface area is 137 Å². The zero-order chi connectivity index (χ0) is 17.2. The fourth-order valence-electron chi connectivity index (χ4n) is 3.55. The fourth-order valence-corrected chi connectivity index (χ4v) is 25.5. The van der Waals surface area contributed by atoms with Gasteiger partial charge in [0.05, 0.1) is 0 Å². The smallest absolute Gasteiger partial charge is 0.189 e. The normalized spacial score (nSPS) is 14.9. The Balaban J connectivity index is 6.07. The van der Waals surface area contributed by atoms with Crippen LogP contribution in [0.2, 0.25) is 39.3 Å². The molecule has 21 heavy (non-hydrogen) atoms. The molecule has 0 amide bonds. The number of rotatable bonds is 8. The summed E-state index contributed by atoms with van der Waals surface area (Å²) in [5.41, 5.74) is 0. The second-order valence-corrected chi connectivity index (χ2v) is 21.9. The molecule has 0 aliphatic heterocycles. The molecule has 0 aromatic heterocycles. The monoisotopic (exact) mass is 348 g/mol. The molecule has 7 heteroatoms. The highest BCUT2D eigenvalue weighted by atomic mass is 28.5. The lowest BCUT2D eigenvalue weighted by atomic mass is 10.7. The molecule has 0 aromatic carbocycles. The summed E-state index contributed by atoms with van der Waals surface area (Å²) in [6, 6.07) is 0. The Kier molecular flexibility index (Phi) is 7.55. The summed E-state index contributed by atoms with van der Waals surface area (Å²) in [5, 5.41) is 0. The lowest BCUT2D eigenvalue weighted by Crippen LogP contribution is -2.82. The van der Waals surface area contributed by atoms with Crippen molar-refractivity contribution in [3.05, 3.63) is 0 Å². The quantitative estimate of drug-likeness (QED) is 0.625. The van der Waals surface area contributed by atoms with E-state index in [9.17, 15) is 0 Å². The Hall–Kier alpha value is 0.491. The average Bonchev–Trinajstić information content (AvgIpc) is 2.28. The van der Waals surface area contributed by atoms with Gasteiger partial charge >= 0.3 is 0 Å². The second-order valence-electron chi connectivity index (χ2n) is 7.78. The molecule has 0 saturated heterocycles. The van der Waals surface area contributed by atoms with Gasteiger partial charge in [-0.05, 0) is 80.6 Å². The van der Waals surface area contributed by atoms with E-state index >= 15 is 0 Å². The van der Waals surface area contributed by atoms with E-state index in [0.29, 0.717) is 0 Å². The predicted octanol–water partition coefficient (Wildman–Crippen LogP) is 2.86. The van der Waals surface area contributed by atoms with Crippen LogP contribution in [0, 0.1) is 0 Å². The zero-order valence-electron chi connectivity index (χ0n) is 16.7. The SMILES string of the molecule is CCN(CC)[Si](C)(C)N([Si](C)(C)N(C)C)[Si](C)(C)N(C)C. The largest absolute Gasteiger partial charge is 0.332 e. The molecule has 0 radical (unpaired) electrons. The lowest BCUT2D eigenvalue weighted by Gasteiger charge is -2.60. The molecule has 0 atom stereocenters. The summed E-state index contributed by atoms with van der Waals surface area (Å²) in [5.74, 6) is 0. The van der Waals surface area contributed by atoms with Gasteiger partial charge in [-0.1, -0.05) is 13.8 Å². The van der Waals surface area contributed by atoms with Gasteiger partial charge in [-0.2, -0.15) is 0 Å². The summed E-state index contributed by atoms with van der Waals surface area (Å²) < 4.78 is 10.8. The molecule has 0 aliphatic carbocycles. The van der Waals surface area contributed by atoms with Crippen molar-refractivity contribution in [1.82, 2.24) is 17.6 Å². The molecule has 4 nitrogen and oxygen atoms in total. The first-order valence-corrected chi connectivity index (χ1v) is 16.9. The van der Waals surface area contributed by atoms with E-state index in [4.69, 9.17) is 0 Å². The molecule has 0 saturated carbocycles. The van der Waals surface area contributed by atoms with Crippen molar-refractivity contribution in [3.63, 3.8) is 0 Å². The molecule has 0 spiro atoms. The van der Waals surface area contributed by atoms with Gasteiger partial charge in [0.15, 0.2) is 25.2 Å². The van der Waals surface area contributed by atoms with E-state index in [-0.39, 0.29) is 0 Å². The second kappa shape index (κ2) is 7.37. The van der Waals surface area contributed by atoms with Crippen LogP contribution in [-0.4, -0.2) is 84.1 Å². The molecule has 0 fully saturated rings. The molecular formula is C14H40N4Si3. The summed E-state index contributed by atoms with van der Waals surface area (Å²) in [6.07, 6.45) is 0. The van der Waals surface area contributed by atoms with Crippen molar-refractivity contribution >= 4 is 25.2 Å². The van der Waals surface area contributed by atoms with Crippen LogP contribution in [0.3, 0.4) is 0 Å². The Morgan fingerprint density at radius 3 is 1.05 bits per heavy atom. The summed E-state index contributed by atoms with van der Waals surface area (Å²) >= 11 is 0. The minimum absolute atomic E-state index is 1.15. The third-order valence-electron chi connectivity index (χ3n) is 5.37. The molecule has 0 unspecified atom stereocenters. The molecule has 0 heterocycles. The minimum Gasteiger partial charge on any atom is -0.332 e. The average molecular weight is 349 g/mol. The van der Waals surface area contributed by atoms with Crippen molar-refractivity contribution in [1.29, 1.82) is 0 Å².